The lowest BCUT2D eigenvalue weighted by Crippen LogP contribution is -1.98. The molecule has 0 aromatic heterocycles. The largest absolute Gasteiger partial charge is 0.466 e. The fourth-order valence-electron chi connectivity index (χ4n) is 1.27. The normalized spacial score (nSPS) is 11.3. The molecule has 0 unspecified atom stereocenters. The quantitative estimate of drug-likeness (QED) is 0.463. The van der Waals surface area contributed by atoms with Gasteiger partial charge in [-0.2, -0.15) is 0 Å². The Kier molecular flexibility index (Phi) is 5.38. The maximum Gasteiger partial charge on any atom is 0.331 e. The van der Waals surface area contributed by atoms with Crippen LogP contribution in [0.15, 0.2) is 48.6 Å². The third kappa shape index (κ3) is 4.25. The number of hydrogen-bond acceptors (Lipinski definition) is 4. The molecule has 1 aromatic carbocycles. The number of rotatable bonds is 4. The van der Waals surface area contributed by atoms with Gasteiger partial charge in [0.05, 0.1) is 14.2 Å². The summed E-state index contributed by atoms with van der Waals surface area (Å²) in [5, 5.41) is 0. The predicted octanol–water partition coefficient (Wildman–Crippen LogP) is 1.97. The molecular weight excluding hydrogens is 232 g/mol. The maximum absolute atomic E-state index is 11.3. The van der Waals surface area contributed by atoms with Crippen molar-refractivity contribution in [3.05, 3.63) is 54.1 Å². The summed E-state index contributed by atoms with van der Waals surface area (Å²) in [6.45, 7) is 0. The highest BCUT2D eigenvalue weighted by Crippen LogP contribution is 2.15. The first kappa shape index (κ1) is 13.7. The molecule has 0 heterocycles. The Hall–Kier alpha value is -2.36. The second-order valence-electron chi connectivity index (χ2n) is 3.35. The minimum Gasteiger partial charge on any atom is -0.466 e. The number of allylic oxidation sites excluding steroid dienone is 2. The Morgan fingerprint density at radius 3 is 2.11 bits per heavy atom. The molecule has 4 heteroatoms. The molecule has 0 saturated carbocycles. The molecule has 0 saturated heterocycles. The maximum atomic E-state index is 11.3. The summed E-state index contributed by atoms with van der Waals surface area (Å²) >= 11 is 0. The van der Waals surface area contributed by atoms with Crippen molar-refractivity contribution in [1.29, 1.82) is 0 Å². The molecule has 0 fully saturated rings. The van der Waals surface area contributed by atoms with E-state index in [1.165, 1.54) is 32.4 Å². The summed E-state index contributed by atoms with van der Waals surface area (Å²) in [4.78, 5) is 22.3. The van der Waals surface area contributed by atoms with Crippen LogP contribution < -0.4 is 0 Å². The number of benzene rings is 1. The Labute approximate surface area is 106 Å². The van der Waals surface area contributed by atoms with E-state index in [2.05, 4.69) is 9.47 Å². The van der Waals surface area contributed by atoms with Crippen molar-refractivity contribution in [3.8, 4) is 0 Å². The first-order valence-electron chi connectivity index (χ1n) is 5.28. The molecule has 0 spiro atoms. The highest BCUT2D eigenvalue weighted by atomic mass is 16.5. The number of methoxy groups -OCH3 is 2. The minimum absolute atomic E-state index is 0.483. The number of hydrogen-bond donors (Lipinski definition) is 0. The highest BCUT2D eigenvalue weighted by Gasteiger charge is 2.02. The van der Waals surface area contributed by atoms with Gasteiger partial charge in [0, 0.05) is 12.2 Å². The molecule has 18 heavy (non-hydrogen) atoms. The van der Waals surface area contributed by atoms with E-state index in [1.807, 2.05) is 30.3 Å². The van der Waals surface area contributed by atoms with Crippen LogP contribution in [-0.2, 0) is 19.1 Å². The van der Waals surface area contributed by atoms with E-state index in [-0.39, 0.29) is 0 Å². The Bertz CT molecular complexity index is 472. The van der Waals surface area contributed by atoms with Gasteiger partial charge in [-0.1, -0.05) is 30.3 Å². The van der Waals surface area contributed by atoms with Crippen LogP contribution in [0, 0.1) is 0 Å². The van der Waals surface area contributed by atoms with Gasteiger partial charge in [-0.05, 0) is 17.2 Å². The zero-order valence-electron chi connectivity index (χ0n) is 10.3. The van der Waals surface area contributed by atoms with Gasteiger partial charge in [0.25, 0.3) is 0 Å². The molecule has 0 N–H and O–H groups in total. The summed E-state index contributed by atoms with van der Waals surface area (Å²) in [7, 11) is 2.59. The fourth-order valence-corrected chi connectivity index (χ4v) is 1.27. The number of ether oxygens (including phenoxy) is 2. The molecule has 0 bridgehead atoms. The van der Waals surface area contributed by atoms with Crippen molar-refractivity contribution in [1.82, 2.24) is 0 Å². The van der Waals surface area contributed by atoms with Gasteiger partial charge in [0.15, 0.2) is 0 Å². The third-order valence-corrected chi connectivity index (χ3v) is 2.18. The van der Waals surface area contributed by atoms with E-state index in [4.69, 9.17) is 0 Å². The highest BCUT2D eigenvalue weighted by molar-refractivity contribution is 5.96. The molecule has 0 radical (unpaired) electrons. The van der Waals surface area contributed by atoms with Gasteiger partial charge in [-0.15, -0.1) is 0 Å². The van der Waals surface area contributed by atoms with Crippen LogP contribution in [0.4, 0.5) is 0 Å². The number of carbonyl (C=O) groups excluding carboxylic acids is 2. The van der Waals surface area contributed by atoms with Crippen molar-refractivity contribution in [2.24, 2.45) is 0 Å². The second-order valence-corrected chi connectivity index (χ2v) is 3.35. The zero-order chi connectivity index (χ0) is 13.4. The van der Waals surface area contributed by atoms with E-state index >= 15 is 0 Å². The Morgan fingerprint density at radius 1 is 0.944 bits per heavy atom. The van der Waals surface area contributed by atoms with E-state index in [9.17, 15) is 9.59 Å². The molecule has 1 rings (SSSR count). The van der Waals surface area contributed by atoms with E-state index < -0.39 is 11.9 Å². The summed E-state index contributed by atoms with van der Waals surface area (Å²) in [6, 6.07) is 9.20. The molecule has 4 nitrogen and oxygen atoms in total. The molecule has 0 aliphatic rings. The molecule has 0 aliphatic heterocycles. The first-order valence-corrected chi connectivity index (χ1v) is 5.28. The standard InChI is InChI=1S/C14H14O4/c1-17-13(15)9-8-12(10-14(16)18-2)11-6-4-3-5-7-11/h3-10H,1-2H3/b9-8+,12-10+. The Morgan fingerprint density at radius 2 is 1.56 bits per heavy atom. The molecule has 0 amide bonds. The predicted molar refractivity (Wildman–Crippen MR) is 67.6 cm³/mol. The Balaban J connectivity index is 3.04. The van der Waals surface area contributed by atoms with Crippen LogP contribution in [0.5, 0.6) is 0 Å². The summed E-state index contributed by atoms with van der Waals surface area (Å²) in [6.07, 6.45) is 4.08. The molecule has 0 atom stereocenters. The molecule has 94 valence electrons. The lowest BCUT2D eigenvalue weighted by Gasteiger charge is -2.02. The monoisotopic (exact) mass is 246 g/mol. The molecule has 1 aromatic rings. The topological polar surface area (TPSA) is 52.6 Å². The minimum atomic E-state index is -0.485. The van der Waals surface area contributed by atoms with Crippen LogP contribution in [0.2, 0.25) is 0 Å². The van der Waals surface area contributed by atoms with Crippen molar-refractivity contribution < 1.29 is 19.1 Å². The first-order chi connectivity index (χ1) is 8.67. The summed E-state index contributed by atoms with van der Waals surface area (Å²) in [5.41, 5.74) is 1.39. The smallest absolute Gasteiger partial charge is 0.331 e. The SMILES string of the molecule is COC(=O)/C=C/C(=C\C(=O)OC)c1ccccc1. The summed E-state index contributed by atoms with van der Waals surface area (Å²) < 4.78 is 9.07. The average Bonchev–Trinajstić information content (AvgIpc) is 2.43. The van der Waals surface area contributed by atoms with Crippen LogP contribution in [0.3, 0.4) is 0 Å². The number of esters is 2. The average molecular weight is 246 g/mol. The van der Waals surface area contributed by atoms with Crippen molar-refractivity contribution in [2.45, 2.75) is 0 Å². The van der Waals surface area contributed by atoms with E-state index in [0.29, 0.717) is 5.57 Å². The lowest BCUT2D eigenvalue weighted by atomic mass is 10.1. The third-order valence-electron chi connectivity index (χ3n) is 2.18. The second kappa shape index (κ2) is 7.06. The van der Waals surface area contributed by atoms with Crippen molar-refractivity contribution in [3.63, 3.8) is 0 Å². The lowest BCUT2D eigenvalue weighted by molar-refractivity contribution is -0.135. The van der Waals surface area contributed by atoms with Gasteiger partial charge in [-0.25, -0.2) is 9.59 Å². The van der Waals surface area contributed by atoms with Crippen LogP contribution in [0.25, 0.3) is 5.57 Å². The van der Waals surface area contributed by atoms with Gasteiger partial charge < -0.3 is 9.47 Å². The van der Waals surface area contributed by atoms with Gasteiger partial charge in [0.2, 0.25) is 0 Å². The zero-order valence-corrected chi connectivity index (χ0v) is 10.3. The number of carbonyl (C=O) groups is 2. The molecule has 0 aliphatic carbocycles. The van der Waals surface area contributed by atoms with Crippen LogP contribution in [-0.4, -0.2) is 26.2 Å². The van der Waals surface area contributed by atoms with Crippen molar-refractivity contribution >= 4 is 17.5 Å². The van der Waals surface area contributed by atoms with E-state index in [1.54, 1.807) is 0 Å². The van der Waals surface area contributed by atoms with Crippen molar-refractivity contribution in [2.75, 3.05) is 14.2 Å². The van der Waals surface area contributed by atoms with Crippen LogP contribution >= 0.6 is 0 Å². The molecular formula is C14H14O4. The van der Waals surface area contributed by atoms with E-state index in [0.717, 1.165) is 5.56 Å². The fraction of sp³-hybridized carbons (Fsp3) is 0.143. The van der Waals surface area contributed by atoms with Gasteiger partial charge in [-0.3, -0.25) is 0 Å². The summed E-state index contributed by atoms with van der Waals surface area (Å²) in [5.74, 6) is -0.968. The van der Waals surface area contributed by atoms with Gasteiger partial charge >= 0.3 is 11.9 Å². The van der Waals surface area contributed by atoms with Gasteiger partial charge in [0.1, 0.15) is 0 Å². The van der Waals surface area contributed by atoms with Crippen LogP contribution in [0.1, 0.15) is 5.56 Å².